The van der Waals surface area contributed by atoms with Crippen LogP contribution in [0.3, 0.4) is 0 Å². The van der Waals surface area contributed by atoms with Crippen LogP contribution >= 0.6 is 11.3 Å². The topological polar surface area (TPSA) is 78.7 Å². The Morgan fingerprint density at radius 3 is 2.62 bits per heavy atom. The lowest BCUT2D eigenvalue weighted by molar-refractivity contribution is 0.0695. The normalized spacial score (nSPS) is 15.2. The Hall–Kier alpha value is -2.85. The third-order valence-corrected chi connectivity index (χ3v) is 5.83. The molecule has 3 heterocycles. The molecule has 3 aromatic rings. The largest absolute Gasteiger partial charge is 0.477 e. The lowest BCUT2D eigenvalue weighted by Crippen LogP contribution is -2.45. The van der Waals surface area contributed by atoms with Crippen molar-refractivity contribution in [1.29, 1.82) is 0 Å². The summed E-state index contributed by atoms with van der Waals surface area (Å²) in [4.78, 5) is 31.9. The number of carboxylic acids is 1. The SMILES string of the molecule is CN1CCN(c2c(F)cc3c(=O)c(C(=O)O)cn(Cc4nccs4)c3c2F)CC1. The summed E-state index contributed by atoms with van der Waals surface area (Å²) in [5.41, 5.74) is -1.77. The molecule has 0 amide bonds. The Morgan fingerprint density at radius 1 is 1.28 bits per heavy atom. The summed E-state index contributed by atoms with van der Waals surface area (Å²) in [7, 11) is 1.93. The Bertz CT molecular complexity index is 1140. The van der Waals surface area contributed by atoms with E-state index in [0.717, 1.165) is 12.3 Å². The first-order valence-electron chi connectivity index (χ1n) is 8.97. The minimum absolute atomic E-state index is 0.0689. The van der Waals surface area contributed by atoms with E-state index in [-0.39, 0.29) is 23.1 Å². The molecule has 0 atom stereocenters. The van der Waals surface area contributed by atoms with Crippen LogP contribution in [0.4, 0.5) is 14.5 Å². The second-order valence-electron chi connectivity index (χ2n) is 6.94. The van der Waals surface area contributed by atoms with Gasteiger partial charge in [-0.05, 0) is 13.1 Å². The maximum atomic E-state index is 15.6. The van der Waals surface area contributed by atoms with Gasteiger partial charge in [-0.2, -0.15) is 0 Å². The highest BCUT2D eigenvalue weighted by Crippen LogP contribution is 2.31. The van der Waals surface area contributed by atoms with Crippen LogP contribution in [0.2, 0.25) is 0 Å². The van der Waals surface area contributed by atoms with Crippen molar-refractivity contribution in [3.63, 3.8) is 0 Å². The molecule has 2 aromatic heterocycles. The molecule has 1 aromatic carbocycles. The number of aromatic carboxylic acids is 1. The molecule has 0 aliphatic carbocycles. The smallest absolute Gasteiger partial charge is 0.341 e. The van der Waals surface area contributed by atoms with E-state index in [0.29, 0.717) is 31.2 Å². The van der Waals surface area contributed by atoms with E-state index < -0.39 is 28.6 Å². The van der Waals surface area contributed by atoms with Gasteiger partial charge in [-0.3, -0.25) is 4.79 Å². The van der Waals surface area contributed by atoms with Crippen molar-refractivity contribution >= 4 is 33.9 Å². The fourth-order valence-electron chi connectivity index (χ4n) is 3.55. The summed E-state index contributed by atoms with van der Waals surface area (Å²) in [6, 6.07) is 0.944. The minimum Gasteiger partial charge on any atom is -0.477 e. The maximum Gasteiger partial charge on any atom is 0.341 e. The molecule has 0 bridgehead atoms. The summed E-state index contributed by atoms with van der Waals surface area (Å²) in [5, 5.41) is 11.4. The second kappa shape index (κ2) is 7.53. The highest BCUT2D eigenvalue weighted by atomic mass is 32.1. The average Bonchev–Trinajstić information content (AvgIpc) is 3.18. The number of carbonyl (C=O) groups is 1. The van der Waals surface area contributed by atoms with Crippen LogP contribution in [-0.2, 0) is 6.54 Å². The molecule has 0 radical (unpaired) electrons. The van der Waals surface area contributed by atoms with Gasteiger partial charge >= 0.3 is 5.97 Å². The third kappa shape index (κ3) is 3.49. The third-order valence-electron chi connectivity index (χ3n) is 5.07. The number of aromatic nitrogens is 2. The maximum absolute atomic E-state index is 15.6. The number of rotatable bonds is 4. The number of hydrogen-bond donors (Lipinski definition) is 1. The van der Waals surface area contributed by atoms with Crippen LogP contribution in [0.25, 0.3) is 10.9 Å². The number of anilines is 1. The van der Waals surface area contributed by atoms with Crippen LogP contribution < -0.4 is 10.3 Å². The molecule has 29 heavy (non-hydrogen) atoms. The number of pyridine rings is 1. The molecule has 1 N–H and O–H groups in total. The molecule has 10 heteroatoms. The molecule has 1 aliphatic heterocycles. The second-order valence-corrected chi connectivity index (χ2v) is 7.92. The molecule has 1 fully saturated rings. The molecule has 7 nitrogen and oxygen atoms in total. The lowest BCUT2D eigenvalue weighted by atomic mass is 10.1. The first-order valence-corrected chi connectivity index (χ1v) is 9.85. The molecule has 0 saturated carbocycles. The van der Waals surface area contributed by atoms with Gasteiger partial charge in [0.15, 0.2) is 5.82 Å². The highest BCUT2D eigenvalue weighted by molar-refractivity contribution is 7.09. The Labute approximate surface area is 168 Å². The summed E-state index contributed by atoms with van der Waals surface area (Å²) in [6.45, 7) is 2.26. The van der Waals surface area contributed by atoms with Gasteiger partial charge < -0.3 is 19.5 Å². The van der Waals surface area contributed by atoms with E-state index in [4.69, 9.17) is 0 Å². The number of halogens is 2. The van der Waals surface area contributed by atoms with E-state index in [9.17, 15) is 19.1 Å². The van der Waals surface area contributed by atoms with E-state index >= 15 is 4.39 Å². The van der Waals surface area contributed by atoms with Crippen LogP contribution in [0.5, 0.6) is 0 Å². The first kappa shape index (κ1) is 19.5. The summed E-state index contributed by atoms with van der Waals surface area (Å²) in [6.07, 6.45) is 2.68. The van der Waals surface area contributed by atoms with Crippen molar-refractivity contribution < 1.29 is 18.7 Å². The fraction of sp³-hybridized carbons (Fsp3) is 0.316. The standard InChI is InChI=1S/C19H18F2N4O3S/c1-23-3-5-24(6-4-23)17-13(20)8-11-16(15(17)21)25(10-14-22-2-7-29-14)9-12(18(11)26)19(27)28/h2,7-9H,3-6,10H2,1H3,(H,27,28). The molecule has 1 saturated heterocycles. The molecular formula is C19H18F2N4O3S. The van der Waals surface area contributed by atoms with Crippen LogP contribution in [-0.4, -0.2) is 58.8 Å². The average molecular weight is 420 g/mol. The van der Waals surface area contributed by atoms with Gasteiger partial charge in [0.1, 0.15) is 22.1 Å². The Morgan fingerprint density at radius 2 is 2.00 bits per heavy atom. The zero-order valence-electron chi connectivity index (χ0n) is 15.6. The van der Waals surface area contributed by atoms with Gasteiger partial charge in [0.25, 0.3) is 0 Å². The van der Waals surface area contributed by atoms with Gasteiger partial charge in [0.05, 0.1) is 17.4 Å². The van der Waals surface area contributed by atoms with E-state index in [1.807, 2.05) is 7.05 Å². The summed E-state index contributed by atoms with van der Waals surface area (Å²) in [5.74, 6) is -3.19. The molecule has 4 rings (SSSR count). The molecule has 0 spiro atoms. The van der Waals surface area contributed by atoms with Crippen LogP contribution in [0.1, 0.15) is 15.4 Å². The van der Waals surface area contributed by atoms with Crippen molar-refractivity contribution in [1.82, 2.24) is 14.5 Å². The zero-order valence-corrected chi connectivity index (χ0v) is 16.4. The quantitative estimate of drug-likeness (QED) is 0.698. The number of nitrogens with zero attached hydrogens (tertiary/aromatic N) is 4. The minimum atomic E-state index is -1.45. The van der Waals surface area contributed by atoms with E-state index in [1.165, 1.54) is 15.9 Å². The first-order chi connectivity index (χ1) is 13.9. The van der Waals surface area contributed by atoms with Gasteiger partial charge in [-0.15, -0.1) is 11.3 Å². The molecule has 152 valence electrons. The van der Waals surface area contributed by atoms with Crippen LogP contribution in [0, 0.1) is 11.6 Å². The number of thiazole rings is 1. The Kier molecular flexibility index (Phi) is 5.05. The number of hydrogen-bond acceptors (Lipinski definition) is 6. The van der Waals surface area contributed by atoms with Crippen LogP contribution in [0.15, 0.2) is 28.6 Å². The zero-order chi connectivity index (χ0) is 20.7. The number of fused-ring (bicyclic) bond motifs is 1. The summed E-state index contributed by atoms with van der Waals surface area (Å²) >= 11 is 1.32. The van der Waals surface area contributed by atoms with Crippen molar-refractivity contribution in [2.24, 2.45) is 0 Å². The molecule has 0 unspecified atom stereocenters. The van der Waals surface area contributed by atoms with Crippen molar-refractivity contribution in [2.75, 3.05) is 38.1 Å². The van der Waals surface area contributed by atoms with E-state index in [2.05, 4.69) is 9.88 Å². The fourth-order valence-corrected chi connectivity index (χ4v) is 4.16. The van der Waals surface area contributed by atoms with Crippen molar-refractivity contribution in [3.05, 3.63) is 56.3 Å². The highest BCUT2D eigenvalue weighted by Gasteiger charge is 2.26. The van der Waals surface area contributed by atoms with Crippen molar-refractivity contribution in [2.45, 2.75) is 6.54 Å². The number of carboxylic acid groups (broad SMARTS) is 1. The molecular weight excluding hydrogens is 402 g/mol. The monoisotopic (exact) mass is 420 g/mol. The predicted octanol–water partition coefficient (Wildman–Crippen LogP) is 2.23. The predicted molar refractivity (Wildman–Crippen MR) is 106 cm³/mol. The van der Waals surface area contributed by atoms with Gasteiger partial charge in [-0.1, -0.05) is 0 Å². The number of piperazine rings is 1. The number of likely N-dealkylation sites (N-methyl/N-ethyl adjacent to an activating group) is 1. The van der Waals surface area contributed by atoms with Gasteiger partial charge in [0.2, 0.25) is 5.43 Å². The lowest BCUT2D eigenvalue weighted by Gasteiger charge is -2.34. The van der Waals surface area contributed by atoms with Gasteiger partial charge in [0, 0.05) is 44.0 Å². The number of benzene rings is 1. The van der Waals surface area contributed by atoms with Crippen molar-refractivity contribution in [3.8, 4) is 0 Å². The molecule has 1 aliphatic rings. The van der Waals surface area contributed by atoms with E-state index in [1.54, 1.807) is 16.5 Å². The Balaban J connectivity index is 1.96. The summed E-state index contributed by atoms with van der Waals surface area (Å²) < 4.78 is 31.8. The van der Waals surface area contributed by atoms with Gasteiger partial charge in [-0.25, -0.2) is 18.6 Å².